The molecule has 0 bridgehead atoms. The van der Waals surface area contributed by atoms with Gasteiger partial charge in [-0.1, -0.05) is 35.9 Å². The summed E-state index contributed by atoms with van der Waals surface area (Å²) in [6.07, 6.45) is 2.54. The normalized spacial score (nSPS) is 17.6. The van der Waals surface area contributed by atoms with Crippen molar-refractivity contribution in [2.75, 3.05) is 13.1 Å². The Labute approximate surface area is 196 Å². The van der Waals surface area contributed by atoms with Crippen LogP contribution in [0, 0.1) is 5.92 Å². The number of rotatable bonds is 6. The summed E-state index contributed by atoms with van der Waals surface area (Å²) in [5, 5.41) is 1.20. The fourth-order valence-electron chi connectivity index (χ4n) is 4.58. The van der Waals surface area contributed by atoms with Crippen molar-refractivity contribution in [1.82, 2.24) is 19.4 Å². The maximum absolute atomic E-state index is 13.4. The van der Waals surface area contributed by atoms with Crippen molar-refractivity contribution in [3.63, 3.8) is 0 Å². The molecule has 1 saturated heterocycles. The quantitative estimate of drug-likeness (QED) is 0.553. The van der Waals surface area contributed by atoms with Gasteiger partial charge in [0, 0.05) is 37.5 Å². The second-order valence-corrected chi connectivity index (χ2v) is 9.30. The summed E-state index contributed by atoms with van der Waals surface area (Å²) in [5.41, 5.74) is 1.53. The molecule has 1 saturated carbocycles. The number of urea groups is 1. The van der Waals surface area contributed by atoms with Gasteiger partial charge in [-0.15, -0.1) is 0 Å². The Morgan fingerprint density at radius 3 is 2.52 bits per heavy atom. The standard InChI is InChI=1S/C25H25ClN4O3/c1-28-22(27-21-5-3-2-4-19(21)24(28)32)15-30-23(31)12-13-29(25(30)33)14-20(16-6-7-16)17-8-10-18(26)11-9-17/h2-5,8-11,16,20H,6-7,12-15H2,1H3. The third-order valence-corrected chi connectivity index (χ3v) is 6.93. The predicted molar refractivity (Wildman–Crippen MR) is 126 cm³/mol. The van der Waals surface area contributed by atoms with Crippen LogP contribution >= 0.6 is 11.6 Å². The Kier molecular flexibility index (Phi) is 5.66. The second kappa shape index (κ2) is 8.63. The largest absolute Gasteiger partial charge is 0.327 e. The number of fused-ring (bicyclic) bond motifs is 1. The molecule has 1 aliphatic heterocycles. The minimum atomic E-state index is -0.326. The molecule has 8 heteroatoms. The monoisotopic (exact) mass is 464 g/mol. The van der Waals surface area contributed by atoms with Crippen LogP contribution in [0.5, 0.6) is 0 Å². The van der Waals surface area contributed by atoms with Gasteiger partial charge in [-0.2, -0.15) is 0 Å². The molecule has 0 spiro atoms. The van der Waals surface area contributed by atoms with E-state index in [1.165, 1.54) is 9.47 Å². The average Bonchev–Trinajstić information content (AvgIpc) is 3.65. The van der Waals surface area contributed by atoms with Crippen molar-refractivity contribution >= 4 is 34.4 Å². The van der Waals surface area contributed by atoms with Crippen molar-refractivity contribution in [2.45, 2.75) is 31.7 Å². The van der Waals surface area contributed by atoms with Crippen molar-refractivity contribution in [1.29, 1.82) is 0 Å². The van der Waals surface area contributed by atoms with E-state index in [0.29, 0.717) is 40.8 Å². The molecule has 1 aliphatic carbocycles. The molecule has 1 unspecified atom stereocenters. The number of carbonyl (C=O) groups is 2. The maximum Gasteiger partial charge on any atom is 0.327 e. The highest BCUT2D eigenvalue weighted by molar-refractivity contribution is 6.30. The van der Waals surface area contributed by atoms with Gasteiger partial charge < -0.3 is 4.90 Å². The number of amides is 3. The molecule has 0 radical (unpaired) electrons. The molecule has 7 nitrogen and oxygen atoms in total. The number of aromatic nitrogens is 2. The van der Waals surface area contributed by atoms with Crippen LogP contribution in [0.2, 0.25) is 5.02 Å². The van der Waals surface area contributed by atoms with Gasteiger partial charge >= 0.3 is 6.03 Å². The Bertz CT molecular complexity index is 1280. The highest BCUT2D eigenvalue weighted by atomic mass is 35.5. The molecular weight excluding hydrogens is 440 g/mol. The molecule has 5 rings (SSSR count). The first kappa shape index (κ1) is 21.6. The van der Waals surface area contributed by atoms with Crippen molar-refractivity contribution < 1.29 is 9.59 Å². The van der Waals surface area contributed by atoms with Crippen molar-refractivity contribution in [3.05, 3.63) is 75.3 Å². The molecule has 2 heterocycles. The smallest absolute Gasteiger partial charge is 0.323 e. The number of carbonyl (C=O) groups excluding carboxylic acids is 2. The lowest BCUT2D eigenvalue weighted by Crippen LogP contribution is -2.53. The molecule has 33 heavy (non-hydrogen) atoms. The van der Waals surface area contributed by atoms with Gasteiger partial charge in [-0.3, -0.25) is 19.1 Å². The molecule has 2 aliphatic rings. The van der Waals surface area contributed by atoms with E-state index in [1.54, 1.807) is 30.1 Å². The van der Waals surface area contributed by atoms with E-state index in [-0.39, 0.29) is 36.4 Å². The van der Waals surface area contributed by atoms with Crippen LogP contribution in [0.4, 0.5) is 4.79 Å². The molecular formula is C25H25ClN4O3. The van der Waals surface area contributed by atoms with E-state index < -0.39 is 0 Å². The van der Waals surface area contributed by atoms with Gasteiger partial charge in [-0.05, 0) is 48.6 Å². The van der Waals surface area contributed by atoms with Gasteiger partial charge in [0.15, 0.2) is 0 Å². The summed E-state index contributed by atoms with van der Waals surface area (Å²) in [7, 11) is 1.62. The van der Waals surface area contributed by atoms with Crippen LogP contribution in [0.15, 0.2) is 53.3 Å². The van der Waals surface area contributed by atoms with Crippen LogP contribution in [-0.2, 0) is 18.4 Å². The highest BCUT2D eigenvalue weighted by Crippen LogP contribution is 2.43. The van der Waals surface area contributed by atoms with Gasteiger partial charge in [0.05, 0.1) is 17.4 Å². The van der Waals surface area contributed by atoms with Crippen LogP contribution in [0.3, 0.4) is 0 Å². The fraction of sp³-hybridized carbons (Fsp3) is 0.360. The average molecular weight is 465 g/mol. The highest BCUT2D eigenvalue weighted by Gasteiger charge is 2.38. The first-order valence-electron chi connectivity index (χ1n) is 11.2. The Balaban J connectivity index is 1.39. The Morgan fingerprint density at radius 1 is 1.06 bits per heavy atom. The van der Waals surface area contributed by atoms with Crippen LogP contribution in [0.25, 0.3) is 10.9 Å². The summed E-state index contributed by atoms with van der Waals surface area (Å²) in [5.74, 6) is 0.893. The Hall–Kier alpha value is -3.19. The minimum Gasteiger partial charge on any atom is -0.323 e. The number of imide groups is 1. The maximum atomic E-state index is 13.4. The Morgan fingerprint density at radius 2 is 1.79 bits per heavy atom. The van der Waals surface area contributed by atoms with E-state index in [0.717, 1.165) is 18.4 Å². The van der Waals surface area contributed by atoms with Gasteiger partial charge in [0.2, 0.25) is 5.91 Å². The van der Waals surface area contributed by atoms with Crippen molar-refractivity contribution in [2.24, 2.45) is 13.0 Å². The van der Waals surface area contributed by atoms with Gasteiger partial charge in [-0.25, -0.2) is 9.78 Å². The number of hydrogen-bond acceptors (Lipinski definition) is 4. The lowest BCUT2D eigenvalue weighted by molar-refractivity contribution is -0.131. The molecule has 2 fully saturated rings. The fourth-order valence-corrected chi connectivity index (χ4v) is 4.71. The zero-order chi connectivity index (χ0) is 23.1. The molecule has 3 aromatic rings. The van der Waals surface area contributed by atoms with Gasteiger partial charge in [0.25, 0.3) is 5.56 Å². The zero-order valence-electron chi connectivity index (χ0n) is 18.4. The number of nitrogens with zero attached hydrogens (tertiary/aromatic N) is 4. The summed E-state index contributed by atoms with van der Waals surface area (Å²) >= 11 is 6.06. The lowest BCUT2D eigenvalue weighted by atomic mass is 9.93. The summed E-state index contributed by atoms with van der Waals surface area (Å²) in [4.78, 5) is 46.4. The summed E-state index contributed by atoms with van der Waals surface area (Å²) in [6, 6.07) is 14.6. The number of halogens is 1. The lowest BCUT2D eigenvalue weighted by Gasteiger charge is -2.36. The van der Waals surface area contributed by atoms with E-state index in [2.05, 4.69) is 4.98 Å². The molecule has 3 amide bonds. The second-order valence-electron chi connectivity index (χ2n) is 8.86. The predicted octanol–water partition coefficient (Wildman–Crippen LogP) is 3.94. The third kappa shape index (κ3) is 4.25. The van der Waals surface area contributed by atoms with E-state index in [9.17, 15) is 14.4 Å². The number of hydrogen-bond donors (Lipinski definition) is 0. The molecule has 1 aromatic heterocycles. The minimum absolute atomic E-state index is 0.0280. The SMILES string of the molecule is Cn1c(CN2C(=O)CCN(CC(c3ccc(Cl)cc3)C3CC3)C2=O)nc2ccccc2c1=O. The topological polar surface area (TPSA) is 75.5 Å². The molecule has 0 N–H and O–H groups in total. The van der Waals surface area contributed by atoms with Crippen LogP contribution < -0.4 is 5.56 Å². The molecule has 1 atom stereocenters. The van der Waals surface area contributed by atoms with E-state index in [4.69, 9.17) is 11.6 Å². The van der Waals surface area contributed by atoms with Crippen LogP contribution in [0.1, 0.15) is 36.6 Å². The first-order valence-corrected chi connectivity index (χ1v) is 11.6. The number of para-hydroxylation sites is 1. The summed E-state index contributed by atoms with van der Waals surface area (Å²) < 4.78 is 1.42. The zero-order valence-corrected chi connectivity index (χ0v) is 19.2. The summed E-state index contributed by atoms with van der Waals surface area (Å²) in [6.45, 7) is 0.924. The van der Waals surface area contributed by atoms with Gasteiger partial charge in [0.1, 0.15) is 5.82 Å². The van der Waals surface area contributed by atoms with E-state index >= 15 is 0 Å². The van der Waals surface area contributed by atoms with Crippen molar-refractivity contribution in [3.8, 4) is 0 Å². The number of benzene rings is 2. The molecule has 2 aromatic carbocycles. The first-order chi connectivity index (χ1) is 15.9. The molecule has 170 valence electrons. The third-order valence-electron chi connectivity index (χ3n) is 6.68. The van der Waals surface area contributed by atoms with E-state index in [1.807, 2.05) is 30.3 Å². The van der Waals surface area contributed by atoms with Crippen LogP contribution in [-0.4, -0.2) is 44.4 Å².